The molecule has 0 saturated heterocycles. The largest absolute Gasteiger partial charge is 0.497 e. The molecule has 0 atom stereocenters. The maximum absolute atomic E-state index is 12.1. The van der Waals surface area contributed by atoms with Gasteiger partial charge in [-0.05, 0) is 42.0 Å². The molecule has 0 aromatic heterocycles. The number of hydrogen-bond donors (Lipinski definition) is 0. The third-order valence-corrected chi connectivity index (χ3v) is 3.49. The summed E-state index contributed by atoms with van der Waals surface area (Å²) in [5, 5.41) is 0. The Morgan fingerprint density at radius 2 is 1.96 bits per heavy atom. The first-order valence-corrected chi connectivity index (χ1v) is 7.70. The first-order chi connectivity index (χ1) is 12.2. The van der Waals surface area contributed by atoms with Crippen LogP contribution in [0, 0.1) is 0 Å². The van der Waals surface area contributed by atoms with Gasteiger partial charge in [0.15, 0.2) is 5.70 Å². The van der Waals surface area contributed by atoms with E-state index >= 15 is 0 Å². The van der Waals surface area contributed by atoms with E-state index in [4.69, 9.17) is 14.2 Å². The van der Waals surface area contributed by atoms with Crippen LogP contribution in [-0.2, 0) is 9.53 Å². The number of ether oxygens (including phenoxy) is 3. The normalized spacial score (nSPS) is 14.8. The summed E-state index contributed by atoms with van der Waals surface area (Å²) in [6.07, 6.45) is 3.35. The molecule has 0 aliphatic carbocycles. The minimum Gasteiger partial charge on any atom is -0.497 e. The van der Waals surface area contributed by atoms with Crippen molar-refractivity contribution in [1.29, 1.82) is 0 Å². The van der Waals surface area contributed by atoms with Crippen molar-refractivity contribution in [3.63, 3.8) is 0 Å². The average molecular weight is 335 g/mol. The van der Waals surface area contributed by atoms with Gasteiger partial charge < -0.3 is 14.2 Å². The van der Waals surface area contributed by atoms with Crippen molar-refractivity contribution in [2.24, 2.45) is 4.99 Å². The van der Waals surface area contributed by atoms with E-state index in [1.54, 1.807) is 25.3 Å². The molecule has 0 radical (unpaired) electrons. The fourth-order valence-electron chi connectivity index (χ4n) is 2.26. The van der Waals surface area contributed by atoms with Gasteiger partial charge in [0.1, 0.15) is 18.1 Å². The highest BCUT2D eigenvalue weighted by molar-refractivity contribution is 6.12. The first kappa shape index (κ1) is 16.5. The molecule has 3 rings (SSSR count). The average Bonchev–Trinajstić information content (AvgIpc) is 3.02. The van der Waals surface area contributed by atoms with E-state index in [2.05, 4.69) is 11.6 Å². The van der Waals surface area contributed by atoms with Gasteiger partial charge in [-0.15, -0.1) is 0 Å². The van der Waals surface area contributed by atoms with Crippen molar-refractivity contribution in [3.8, 4) is 11.5 Å². The van der Waals surface area contributed by atoms with Crippen LogP contribution in [0.25, 0.3) is 6.08 Å². The predicted molar refractivity (Wildman–Crippen MR) is 95.7 cm³/mol. The molecule has 0 amide bonds. The van der Waals surface area contributed by atoms with Crippen molar-refractivity contribution >= 4 is 17.9 Å². The minimum atomic E-state index is -0.482. The maximum atomic E-state index is 12.1. The van der Waals surface area contributed by atoms with Crippen LogP contribution in [0.5, 0.6) is 11.5 Å². The number of cyclic esters (lactones) is 1. The number of carbonyl (C=O) groups excluding carboxylic acids is 1. The van der Waals surface area contributed by atoms with Gasteiger partial charge in [0.2, 0.25) is 5.90 Å². The Hall–Kier alpha value is -3.34. The Bertz CT molecular complexity index is 850. The van der Waals surface area contributed by atoms with E-state index < -0.39 is 5.97 Å². The summed E-state index contributed by atoms with van der Waals surface area (Å²) in [6, 6.07) is 14.5. The van der Waals surface area contributed by atoms with Crippen LogP contribution in [-0.4, -0.2) is 25.6 Å². The van der Waals surface area contributed by atoms with Gasteiger partial charge in [-0.1, -0.05) is 30.9 Å². The van der Waals surface area contributed by atoms with Gasteiger partial charge in [0.25, 0.3) is 0 Å². The molecule has 126 valence electrons. The van der Waals surface area contributed by atoms with E-state index in [0.717, 1.165) is 11.3 Å². The fraction of sp³-hybridized carbons (Fsp3) is 0.100. The molecule has 2 aromatic rings. The summed E-state index contributed by atoms with van der Waals surface area (Å²) in [6.45, 7) is 4.05. The highest BCUT2D eigenvalue weighted by Crippen LogP contribution is 2.22. The molecule has 1 aliphatic heterocycles. The second-order valence-electron chi connectivity index (χ2n) is 5.24. The quantitative estimate of drug-likeness (QED) is 0.460. The standard InChI is InChI=1S/C20H17NO4/c1-3-11-24-16-9-7-14(8-10-16)12-18-20(22)25-19(21-18)15-5-4-6-17(13-15)23-2/h3-10,12-13H,1,11H2,2H3/b18-12-. The Labute approximate surface area is 145 Å². The summed E-state index contributed by atoms with van der Waals surface area (Å²) in [4.78, 5) is 16.3. The van der Waals surface area contributed by atoms with E-state index in [1.807, 2.05) is 42.5 Å². The third-order valence-electron chi connectivity index (χ3n) is 3.49. The number of nitrogens with zero attached hydrogens (tertiary/aromatic N) is 1. The van der Waals surface area contributed by atoms with Crippen LogP contribution in [0.2, 0.25) is 0 Å². The Morgan fingerprint density at radius 3 is 2.68 bits per heavy atom. The van der Waals surface area contributed by atoms with Gasteiger partial charge in [0.05, 0.1) is 7.11 Å². The van der Waals surface area contributed by atoms with Crippen LogP contribution in [0.4, 0.5) is 0 Å². The molecule has 1 heterocycles. The van der Waals surface area contributed by atoms with E-state index in [9.17, 15) is 4.79 Å². The number of methoxy groups -OCH3 is 1. The summed E-state index contributed by atoms with van der Waals surface area (Å²) in [5.74, 6) is 1.19. The number of esters is 1. The lowest BCUT2D eigenvalue weighted by Gasteiger charge is -2.02. The van der Waals surface area contributed by atoms with Gasteiger partial charge in [-0.3, -0.25) is 0 Å². The first-order valence-electron chi connectivity index (χ1n) is 7.70. The van der Waals surface area contributed by atoms with Gasteiger partial charge in [-0.2, -0.15) is 0 Å². The monoisotopic (exact) mass is 335 g/mol. The highest BCUT2D eigenvalue weighted by Gasteiger charge is 2.24. The van der Waals surface area contributed by atoms with Crippen molar-refractivity contribution in [2.45, 2.75) is 0 Å². The van der Waals surface area contributed by atoms with Crippen LogP contribution in [0.15, 0.2) is 71.9 Å². The summed E-state index contributed by atoms with van der Waals surface area (Å²) in [5.41, 5.74) is 1.76. The molecule has 0 spiro atoms. The Kier molecular flexibility index (Phi) is 4.95. The maximum Gasteiger partial charge on any atom is 0.363 e. The molecular formula is C20H17NO4. The number of benzene rings is 2. The molecule has 1 aliphatic rings. The smallest absolute Gasteiger partial charge is 0.363 e. The molecule has 0 saturated carbocycles. The zero-order chi connectivity index (χ0) is 17.6. The second kappa shape index (κ2) is 7.49. The van der Waals surface area contributed by atoms with Crippen molar-refractivity contribution in [1.82, 2.24) is 0 Å². The van der Waals surface area contributed by atoms with Crippen LogP contribution >= 0.6 is 0 Å². The molecular weight excluding hydrogens is 318 g/mol. The van der Waals surface area contributed by atoms with Gasteiger partial charge in [0, 0.05) is 5.56 Å². The zero-order valence-corrected chi connectivity index (χ0v) is 13.8. The third kappa shape index (κ3) is 3.95. The van der Waals surface area contributed by atoms with E-state index in [1.165, 1.54) is 0 Å². The predicted octanol–water partition coefficient (Wildman–Crippen LogP) is 3.60. The fourth-order valence-corrected chi connectivity index (χ4v) is 2.26. The van der Waals surface area contributed by atoms with E-state index in [-0.39, 0.29) is 11.6 Å². The molecule has 5 nitrogen and oxygen atoms in total. The van der Waals surface area contributed by atoms with Crippen molar-refractivity contribution in [3.05, 3.63) is 78.0 Å². The van der Waals surface area contributed by atoms with Gasteiger partial charge >= 0.3 is 5.97 Å². The van der Waals surface area contributed by atoms with Crippen molar-refractivity contribution in [2.75, 3.05) is 13.7 Å². The lowest BCUT2D eigenvalue weighted by Crippen LogP contribution is -2.05. The molecule has 25 heavy (non-hydrogen) atoms. The molecule has 0 unspecified atom stereocenters. The molecule has 0 N–H and O–H groups in total. The second-order valence-corrected chi connectivity index (χ2v) is 5.24. The Morgan fingerprint density at radius 1 is 1.16 bits per heavy atom. The van der Waals surface area contributed by atoms with Crippen LogP contribution in [0.1, 0.15) is 11.1 Å². The SMILES string of the molecule is C=CCOc1ccc(/C=C2\N=C(c3cccc(OC)c3)OC2=O)cc1. The highest BCUT2D eigenvalue weighted by atomic mass is 16.6. The van der Waals surface area contributed by atoms with E-state index in [0.29, 0.717) is 17.9 Å². The molecule has 2 aromatic carbocycles. The molecule has 0 bridgehead atoms. The number of aliphatic imine (C=N–C) groups is 1. The number of carbonyl (C=O) groups is 1. The summed E-state index contributed by atoms with van der Waals surface area (Å²) in [7, 11) is 1.58. The Balaban J connectivity index is 1.81. The number of rotatable bonds is 6. The van der Waals surface area contributed by atoms with Crippen molar-refractivity contribution < 1.29 is 19.0 Å². The summed E-state index contributed by atoms with van der Waals surface area (Å²) < 4.78 is 15.9. The van der Waals surface area contributed by atoms with Crippen LogP contribution in [0.3, 0.4) is 0 Å². The van der Waals surface area contributed by atoms with Crippen LogP contribution < -0.4 is 9.47 Å². The minimum absolute atomic E-state index is 0.248. The topological polar surface area (TPSA) is 57.1 Å². The zero-order valence-electron chi connectivity index (χ0n) is 13.8. The van der Waals surface area contributed by atoms with Gasteiger partial charge in [-0.25, -0.2) is 9.79 Å². The lowest BCUT2D eigenvalue weighted by molar-refractivity contribution is -0.129. The molecule has 5 heteroatoms. The number of hydrogen-bond acceptors (Lipinski definition) is 5. The lowest BCUT2D eigenvalue weighted by atomic mass is 10.2. The molecule has 0 fully saturated rings. The summed E-state index contributed by atoms with van der Waals surface area (Å²) >= 11 is 0.